The quantitative estimate of drug-likeness (QED) is 0.844. The van der Waals surface area contributed by atoms with Gasteiger partial charge < -0.3 is 11.1 Å². The van der Waals surface area contributed by atoms with Crippen LogP contribution in [0.3, 0.4) is 0 Å². The highest BCUT2D eigenvalue weighted by Crippen LogP contribution is 2.35. The zero-order valence-corrected chi connectivity index (χ0v) is 10.9. The summed E-state index contributed by atoms with van der Waals surface area (Å²) in [4.78, 5) is 4.43. The molecule has 0 radical (unpaired) electrons. The van der Waals surface area contributed by atoms with Crippen molar-refractivity contribution >= 4 is 5.82 Å². The van der Waals surface area contributed by atoms with E-state index in [2.05, 4.69) is 30.2 Å². The highest BCUT2D eigenvalue weighted by molar-refractivity contribution is 5.45. The zero-order valence-electron chi connectivity index (χ0n) is 10.9. The molecule has 2 rings (SSSR count). The molecule has 0 bridgehead atoms. The number of nitrogens with two attached hydrogens (primary N) is 1. The number of nitrogens with one attached hydrogen (secondary N) is 1. The van der Waals surface area contributed by atoms with E-state index < -0.39 is 0 Å². The van der Waals surface area contributed by atoms with Gasteiger partial charge in [-0.2, -0.15) is 0 Å². The molecule has 3 heteroatoms. The molecule has 1 fully saturated rings. The molecule has 0 amide bonds. The van der Waals surface area contributed by atoms with Crippen LogP contribution >= 0.6 is 0 Å². The van der Waals surface area contributed by atoms with Gasteiger partial charge in [0.15, 0.2) is 0 Å². The van der Waals surface area contributed by atoms with Crippen molar-refractivity contribution in [3.63, 3.8) is 0 Å². The Balaban J connectivity index is 2.22. The molecule has 3 N–H and O–H groups in total. The van der Waals surface area contributed by atoms with Gasteiger partial charge in [-0.3, -0.25) is 0 Å². The van der Waals surface area contributed by atoms with E-state index in [1.54, 1.807) is 0 Å². The molecule has 0 aliphatic heterocycles. The summed E-state index contributed by atoms with van der Waals surface area (Å²) < 4.78 is 0. The number of aryl methyl sites for hydroxylation is 1. The Bertz CT molecular complexity index is 377. The fraction of sp³-hybridized carbons (Fsp3) is 0.643. The summed E-state index contributed by atoms with van der Waals surface area (Å²) in [5.74, 6) is 1.61. The molecule has 0 aromatic carbocycles. The van der Waals surface area contributed by atoms with Crippen LogP contribution in [-0.2, 0) is 0 Å². The third-order valence-corrected chi connectivity index (χ3v) is 4.19. The topological polar surface area (TPSA) is 50.9 Å². The minimum absolute atomic E-state index is 0.0391. The average molecular weight is 233 g/mol. The van der Waals surface area contributed by atoms with Gasteiger partial charge in [-0.15, -0.1) is 0 Å². The maximum atomic E-state index is 6.04. The van der Waals surface area contributed by atoms with Crippen molar-refractivity contribution in [2.45, 2.75) is 45.1 Å². The van der Waals surface area contributed by atoms with E-state index in [1.807, 2.05) is 12.3 Å². The number of aromatic nitrogens is 1. The molecule has 1 aliphatic rings. The fourth-order valence-corrected chi connectivity index (χ4v) is 2.81. The molecule has 1 saturated carbocycles. The lowest BCUT2D eigenvalue weighted by Gasteiger charge is -2.43. The number of hydrogen-bond donors (Lipinski definition) is 2. The molecule has 1 heterocycles. The van der Waals surface area contributed by atoms with Crippen LogP contribution in [0.15, 0.2) is 18.3 Å². The summed E-state index contributed by atoms with van der Waals surface area (Å²) in [6.45, 7) is 5.08. The van der Waals surface area contributed by atoms with Gasteiger partial charge in [0.1, 0.15) is 5.82 Å². The van der Waals surface area contributed by atoms with E-state index in [-0.39, 0.29) is 5.54 Å². The van der Waals surface area contributed by atoms with Crippen LogP contribution in [0.5, 0.6) is 0 Å². The van der Waals surface area contributed by atoms with E-state index >= 15 is 0 Å². The molecule has 17 heavy (non-hydrogen) atoms. The normalized spacial score (nSPS) is 29.0. The Morgan fingerprint density at radius 1 is 1.53 bits per heavy atom. The third-order valence-electron chi connectivity index (χ3n) is 4.19. The van der Waals surface area contributed by atoms with E-state index in [0.717, 1.165) is 12.2 Å². The highest BCUT2D eigenvalue weighted by Gasteiger charge is 2.37. The van der Waals surface area contributed by atoms with Crippen LogP contribution in [0.4, 0.5) is 5.82 Å². The van der Waals surface area contributed by atoms with Crippen LogP contribution in [0.1, 0.15) is 38.2 Å². The summed E-state index contributed by atoms with van der Waals surface area (Å²) in [6.07, 6.45) is 6.84. The SMILES string of the molecule is Cc1cccnc1NC1(CN)CCCCC1C. The van der Waals surface area contributed by atoms with Crippen molar-refractivity contribution in [2.24, 2.45) is 11.7 Å². The molecular weight excluding hydrogens is 210 g/mol. The van der Waals surface area contributed by atoms with Gasteiger partial charge in [0, 0.05) is 12.7 Å². The summed E-state index contributed by atoms with van der Waals surface area (Å²) >= 11 is 0. The zero-order chi connectivity index (χ0) is 12.3. The Hall–Kier alpha value is -1.09. The summed E-state index contributed by atoms with van der Waals surface area (Å²) in [7, 11) is 0. The van der Waals surface area contributed by atoms with E-state index in [1.165, 1.54) is 24.8 Å². The van der Waals surface area contributed by atoms with Crippen molar-refractivity contribution in [1.29, 1.82) is 0 Å². The second kappa shape index (κ2) is 5.05. The standard InChI is InChI=1S/C14H23N3/c1-11-6-5-9-16-13(11)17-14(10-15)8-4-3-7-12(14)2/h5-6,9,12H,3-4,7-8,10,15H2,1-2H3,(H,16,17). The largest absolute Gasteiger partial charge is 0.363 e. The lowest BCUT2D eigenvalue weighted by atomic mass is 9.73. The van der Waals surface area contributed by atoms with Gasteiger partial charge in [0.05, 0.1) is 5.54 Å². The Morgan fingerprint density at radius 3 is 3.00 bits per heavy atom. The molecule has 94 valence electrons. The first-order valence-electron chi connectivity index (χ1n) is 6.58. The molecule has 2 unspecified atom stereocenters. The van der Waals surface area contributed by atoms with Crippen LogP contribution in [0.2, 0.25) is 0 Å². The molecule has 1 aromatic heterocycles. The van der Waals surface area contributed by atoms with Crippen LogP contribution in [0, 0.1) is 12.8 Å². The van der Waals surface area contributed by atoms with E-state index in [9.17, 15) is 0 Å². The number of rotatable bonds is 3. The Labute approximate surface area is 104 Å². The Kier molecular flexibility index (Phi) is 3.67. The summed E-state index contributed by atoms with van der Waals surface area (Å²) in [5.41, 5.74) is 7.27. The molecular formula is C14H23N3. The fourth-order valence-electron chi connectivity index (χ4n) is 2.81. The van der Waals surface area contributed by atoms with Gasteiger partial charge in [-0.1, -0.05) is 25.8 Å². The number of nitrogens with zero attached hydrogens (tertiary/aromatic N) is 1. The maximum absolute atomic E-state index is 6.04. The van der Waals surface area contributed by atoms with Gasteiger partial charge in [0.2, 0.25) is 0 Å². The van der Waals surface area contributed by atoms with Gasteiger partial charge in [0.25, 0.3) is 0 Å². The van der Waals surface area contributed by atoms with Crippen molar-refractivity contribution in [1.82, 2.24) is 4.98 Å². The van der Waals surface area contributed by atoms with Crippen LogP contribution in [-0.4, -0.2) is 17.1 Å². The van der Waals surface area contributed by atoms with Crippen molar-refractivity contribution in [3.05, 3.63) is 23.9 Å². The lowest BCUT2D eigenvalue weighted by molar-refractivity contribution is 0.235. The summed E-state index contributed by atoms with van der Waals surface area (Å²) in [6, 6.07) is 4.06. The monoisotopic (exact) mass is 233 g/mol. The number of hydrogen-bond acceptors (Lipinski definition) is 3. The van der Waals surface area contributed by atoms with E-state index in [0.29, 0.717) is 12.5 Å². The van der Waals surface area contributed by atoms with E-state index in [4.69, 9.17) is 5.73 Å². The first kappa shape index (κ1) is 12.4. The molecule has 0 spiro atoms. The van der Waals surface area contributed by atoms with Gasteiger partial charge in [-0.25, -0.2) is 4.98 Å². The van der Waals surface area contributed by atoms with Crippen molar-refractivity contribution in [3.8, 4) is 0 Å². The molecule has 2 atom stereocenters. The van der Waals surface area contributed by atoms with Gasteiger partial charge >= 0.3 is 0 Å². The second-order valence-corrected chi connectivity index (χ2v) is 5.30. The van der Waals surface area contributed by atoms with Crippen LogP contribution in [0.25, 0.3) is 0 Å². The first-order chi connectivity index (χ1) is 8.18. The van der Waals surface area contributed by atoms with Gasteiger partial charge in [-0.05, 0) is 37.3 Å². The third kappa shape index (κ3) is 2.44. The molecule has 3 nitrogen and oxygen atoms in total. The molecule has 1 aromatic rings. The molecule has 1 aliphatic carbocycles. The highest BCUT2D eigenvalue weighted by atomic mass is 15.1. The smallest absolute Gasteiger partial charge is 0.129 e. The number of pyridine rings is 1. The second-order valence-electron chi connectivity index (χ2n) is 5.30. The average Bonchev–Trinajstić information content (AvgIpc) is 2.35. The number of anilines is 1. The Morgan fingerprint density at radius 2 is 2.35 bits per heavy atom. The predicted octanol–water partition coefficient (Wildman–Crippen LogP) is 2.71. The molecule has 0 saturated heterocycles. The minimum atomic E-state index is 0.0391. The van der Waals surface area contributed by atoms with Crippen LogP contribution < -0.4 is 11.1 Å². The maximum Gasteiger partial charge on any atom is 0.129 e. The first-order valence-corrected chi connectivity index (χ1v) is 6.58. The predicted molar refractivity (Wildman–Crippen MR) is 72.0 cm³/mol. The van der Waals surface area contributed by atoms with Crippen molar-refractivity contribution in [2.75, 3.05) is 11.9 Å². The minimum Gasteiger partial charge on any atom is -0.363 e. The summed E-state index contributed by atoms with van der Waals surface area (Å²) in [5, 5.41) is 3.63. The van der Waals surface area contributed by atoms with Crippen molar-refractivity contribution < 1.29 is 0 Å². The lowest BCUT2D eigenvalue weighted by Crippen LogP contribution is -2.52.